The summed E-state index contributed by atoms with van der Waals surface area (Å²) in [6, 6.07) is 0. The number of aliphatic hydroxyl groups is 3. The first-order valence-electron chi connectivity index (χ1n) is 3.35. The van der Waals surface area contributed by atoms with Crippen LogP contribution in [-0.4, -0.2) is 53.6 Å². The van der Waals surface area contributed by atoms with Gasteiger partial charge in [0.05, 0.1) is 6.61 Å². The van der Waals surface area contributed by atoms with Gasteiger partial charge in [-0.05, 0) is 0 Å². The monoisotopic (exact) mass is 164 g/mol. The fraction of sp³-hybridized carbons (Fsp3) is 1.00. The quantitative estimate of drug-likeness (QED) is 0.420. The van der Waals surface area contributed by atoms with Crippen molar-refractivity contribution < 1.29 is 24.8 Å². The Hall–Kier alpha value is -0.200. The molecule has 1 aliphatic heterocycles. The molecule has 11 heavy (non-hydrogen) atoms. The second-order valence-corrected chi connectivity index (χ2v) is 2.48. The minimum atomic E-state index is -1.31. The standard InChI is InChI=1S/C6H12O5/c1-10-3-2-11-6(9)5(8)4(3)7/h3-9H,2H2,1H3/t3-,4+,5?,6-/m1/s1. The van der Waals surface area contributed by atoms with E-state index in [0.717, 1.165) is 0 Å². The smallest absolute Gasteiger partial charge is 0.183 e. The number of hydrogen-bond donors (Lipinski definition) is 3. The van der Waals surface area contributed by atoms with Crippen molar-refractivity contribution in [2.45, 2.75) is 24.6 Å². The van der Waals surface area contributed by atoms with Gasteiger partial charge in [-0.3, -0.25) is 0 Å². The highest BCUT2D eigenvalue weighted by molar-refractivity contribution is 4.82. The molecule has 1 heterocycles. The fourth-order valence-corrected chi connectivity index (χ4v) is 0.987. The number of ether oxygens (including phenoxy) is 2. The van der Waals surface area contributed by atoms with Gasteiger partial charge in [-0.2, -0.15) is 0 Å². The second-order valence-electron chi connectivity index (χ2n) is 2.48. The Balaban J connectivity index is 2.52. The predicted octanol–water partition coefficient (Wildman–Crippen LogP) is -1.93. The largest absolute Gasteiger partial charge is 0.387 e. The molecule has 0 aromatic carbocycles. The Morgan fingerprint density at radius 3 is 2.45 bits per heavy atom. The minimum Gasteiger partial charge on any atom is -0.387 e. The maximum atomic E-state index is 9.19. The summed E-state index contributed by atoms with van der Waals surface area (Å²) in [5.74, 6) is 0. The lowest BCUT2D eigenvalue weighted by molar-refractivity contribution is -0.256. The van der Waals surface area contributed by atoms with Crippen molar-refractivity contribution in [2.75, 3.05) is 13.7 Å². The van der Waals surface area contributed by atoms with Crippen LogP contribution < -0.4 is 0 Å². The van der Waals surface area contributed by atoms with Crippen molar-refractivity contribution in [1.82, 2.24) is 0 Å². The first kappa shape index (κ1) is 8.89. The average Bonchev–Trinajstić information content (AvgIpc) is 2.01. The van der Waals surface area contributed by atoms with Gasteiger partial charge in [-0.1, -0.05) is 0 Å². The van der Waals surface area contributed by atoms with E-state index in [-0.39, 0.29) is 6.61 Å². The van der Waals surface area contributed by atoms with Gasteiger partial charge in [-0.15, -0.1) is 0 Å². The molecule has 0 saturated carbocycles. The highest BCUT2D eigenvalue weighted by Crippen LogP contribution is 2.15. The predicted molar refractivity (Wildman–Crippen MR) is 34.8 cm³/mol. The summed E-state index contributed by atoms with van der Waals surface area (Å²) in [6.45, 7) is 0.0931. The molecule has 0 amide bonds. The average molecular weight is 164 g/mol. The lowest BCUT2D eigenvalue weighted by Gasteiger charge is -2.33. The van der Waals surface area contributed by atoms with Crippen LogP contribution in [0.25, 0.3) is 0 Å². The molecule has 0 spiro atoms. The molecule has 0 aliphatic carbocycles. The third kappa shape index (κ3) is 1.69. The third-order valence-electron chi connectivity index (χ3n) is 1.76. The molecule has 0 radical (unpaired) electrons. The molecule has 1 unspecified atom stereocenters. The zero-order valence-corrected chi connectivity index (χ0v) is 6.17. The van der Waals surface area contributed by atoms with Crippen LogP contribution in [0.3, 0.4) is 0 Å². The van der Waals surface area contributed by atoms with E-state index in [1.54, 1.807) is 0 Å². The number of hydrogen-bond acceptors (Lipinski definition) is 5. The van der Waals surface area contributed by atoms with Crippen molar-refractivity contribution in [3.8, 4) is 0 Å². The van der Waals surface area contributed by atoms with Gasteiger partial charge in [0, 0.05) is 7.11 Å². The van der Waals surface area contributed by atoms with Crippen molar-refractivity contribution in [2.24, 2.45) is 0 Å². The number of aliphatic hydroxyl groups excluding tert-OH is 3. The van der Waals surface area contributed by atoms with Crippen LogP contribution in [0.2, 0.25) is 0 Å². The van der Waals surface area contributed by atoms with Crippen LogP contribution >= 0.6 is 0 Å². The SMILES string of the molecule is CO[C@@H]1CO[C@@H](O)C(O)[C@H]1O. The van der Waals surface area contributed by atoms with E-state index in [1.165, 1.54) is 7.11 Å². The summed E-state index contributed by atoms with van der Waals surface area (Å²) in [5, 5.41) is 27.1. The molecule has 5 nitrogen and oxygen atoms in total. The summed E-state index contributed by atoms with van der Waals surface area (Å²) >= 11 is 0. The highest BCUT2D eigenvalue weighted by Gasteiger charge is 2.37. The molecule has 1 rings (SSSR count). The Bertz CT molecular complexity index is 126. The zero-order valence-electron chi connectivity index (χ0n) is 6.17. The third-order valence-corrected chi connectivity index (χ3v) is 1.76. The lowest BCUT2D eigenvalue weighted by Crippen LogP contribution is -2.53. The Morgan fingerprint density at radius 2 is 1.91 bits per heavy atom. The van der Waals surface area contributed by atoms with Crippen LogP contribution in [0.15, 0.2) is 0 Å². The summed E-state index contributed by atoms with van der Waals surface area (Å²) in [5.41, 5.74) is 0. The van der Waals surface area contributed by atoms with E-state index in [1.807, 2.05) is 0 Å². The van der Waals surface area contributed by atoms with Crippen molar-refractivity contribution in [3.63, 3.8) is 0 Å². The second kappa shape index (κ2) is 3.46. The fourth-order valence-electron chi connectivity index (χ4n) is 0.987. The molecule has 5 heteroatoms. The maximum Gasteiger partial charge on any atom is 0.183 e. The van der Waals surface area contributed by atoms with Gasteiger partial charge in [0.1, 0.15) is 18.3 Å². The molecule has 3 N–H and O–H groups in total. The molecule has 4 atom stereocenters. The normalized spacial score (nSPS) is 45.8. The summed E-state index contributed by atoms with van der Waals surface area (Å²) in [4.78, 5) is 0. The van der Waals surface area contributed by atoms with Gasteiger partial charge < -0.3 is 24.8 Å². The molecular weight excluding hydrogens is 152 g/mol. The molecule has 0 bridgehead atoms. The van der Waals surface area contributed by atoms with E-state index in [0.29, 0.717) is 0 Å². The van der Waals surface area contributed by atoms with Crippen molar-refractivity contribution in [1.29, 1.82) is 0 Å². The summed E-state index contributed by atoms with van der Waals surface area (Å²) in [6.07, 6.45) is -4.23. The van der Waals surface area contributed by atoms with Crippen LogP contribution in [-0.2, 0) is 9.47 Å². The topological polar surface area (TPSA) is 79.2 Å². The molecule has 1 fully saturated rings. The van der Waals surface area contributed by atoms with Gasteiger partial charge in [0.25, 0.3) is 0 Å². The number of methoxy groups -OCH3 is 1. The first-order chi connectivity index (χ1) is 5.16. The van der Waals surface area contributed by atoms with Crippen LogP contribution in [0.5, 0.6) is 0 Å². The van der Waals surface area contributed by atoms with Gasteiger partial charge in [0.15, 0.2) is 6.29 Å². The molecule has 66 valence electrons. The zero-order chi connectivity index (χ0) is 8.43. The van der Waals surface area contributed by atoms with Crippen LogP contribution in [0.4, 0.5) is 0 Å². The summed E-state index contributed by atoms with van der Waals surface area (Å²) < 4.78 is 9.46. The van der Waals surface area contributed by atoms with E-state index < -0.39 is 24.6 Å². The molecule has 0 aromatic heterocycles. The van der Waals surface area contributed by atoms with E-state index in [2.05, 4.69) is 4.74 Å². The van der Waals surface area contributed by atoms with Crippen molar-refractivity contribution >= 4 is 0 Å². The van der Waals surface area contributed by atoms with Crippen LogP contribution in [0.1, 0.15) is 0 Å². The number of rotatable bonds is 1. The van der Waals surface area contributed by atoms with Gasteiger partial charge >= 0.3 is 0 Å². The Labute approximate surface area is 64.2 Å². The maximum absolute atomic E-state index is 9.19. The van der Waals surface area contributed by atoms with Gasteiger partial charge in [-0.25, -0.2) is 0 Å². The molecular formula is C6H12O5. The van der Waals surface area contributed by atoms with E-state index in [4.69, 9.17) is 14.9 Å². The highest BCUT2D eigenvalue weighted by atomic mass is 16.6. The Kier molecular flexibility index (Phi) is 2.80. The molecule has 1 aliphatic rings. The minimum absolute atomic E-state index is 0.0931. The lowest BCUT2D eigenvalue weighted by atomic mass is 10.1. The van der Waals surface area contributed by atoms with Gasteiger partial charge in [0.2, 0.25) is 0 Å². The Morgan fingerprint density at radius 1 is 1.27 bits per heavy atom. The van der Waals surface area contributed by atoms with Crippen molar-refractivity contribution in [3.05, 3.63) is 0 Å². The first-order valence-corrected chi connectivity index (χ1v) is 3.35. The molecule has 0 aromatic rings. The van der Waals surface area contributed by atoms with E-state index >= 15 is 0 Å². The van der Waals surface area contributed by atoms with E-state index in [9.17, 15) is 5.11 Å². The summed E-state index contributed by atoms with van der Waals surface area (Å²) in [7, 11) is 1.40. The molecule has 1 saturated heterocycles. The van der Waals surface area contributed by atoms with Crippen LogP contribution in [0, 0.1) is 0 Å².